The Labute approximate surface area is 163 Å². The van der Waals surface area contributed by atoms with Crippen molar-refractivity contribution in [2.45, 2.75) is 39.7 Å². The summed E-state index contributed by atoms with van der Waals surface area (Å²) in [5.74, 6) is -2.74. The number of ether oxygens (including phenoxy) is 1. The Balaban J connectivity index is 1.58. The number of allylic oxidation sites excluding steroid dienone is 2. The van der Waals surface area contributed by atoms with E-state index in [-0.39, 0.29) is 11.8 Å². The molecule has 3 atom stereocenters. The van der Waals surface area contributed by atoms with Gasteiger partial charge in [0.05, 0.1) is 11.8 Å². The van der Waals surface area contributed by atoms with Gasteiger partial charge in [-0.15, -0.1) is 0 Å². The van der Waals surface area contributed by atoms with Crippen LogP contribution in [0, 0.1) is 25.7 Å². The number of para-hydroxylation sites is 1. The van der Waals surface area contributed by atoms with E-state index in [1.54, 1.807) is 0 Å². The van der Waals surface area contributed by atoms with Crippen LogP contribution in [0.4, 0.5) is 5.69 Å². The second kappa shape index (κ2) is 7.96. The molecule has 1 aromatic carbocycles. The molecule has 3 rings (SSSR count). The van der Waals surface area contributed by atoms with Crippen LogP contribution in [0.2, 0.25) is 0 Å². The molecule has 1 saturated heterocycles. The zero-order chi connectivity index (χ0) is 20.4. The van der Waals surface area contributed by atoms with Crippen LogP contribution in [0.3, 0.4) is 0 Å². The van der Waals surface area contributed by atoms with Gasteiger partial charge in [-0.25, -0.2) is 4.79 Å². The van der Waals surface area contributed by atoms with Crippen molar-refractivity contribution in [3.8, 4) is 0 Å². The molecule has 148 valence electrons. The molecule has 0 spiro atoms. The number of esters is 1. The van der Waals surface area contributed by atoms with Crippen LogP contribution in [0.5, 0.6) is 0 Å². The van der Waals surface area contributed by atoms with E-state index >= 15 is 0 Å². The molecule has 1 fully saturated rings. The smallest absolute Gasteiger partial charge is 0.329 e. The van der Waals surface area contributed by atoms with Gasteiger partial charge in [0.1, 0.15) is 6.04 Å². The van der Waals surface area contributed by atoms with Gasteiger partial charge in [-0.3, -0.25) is 19.3 Å². The van der Waals surface area contributed by atoms with Crippen LogP contribution in [-0.4, -0.2) is 41.2 Å². The quantitative estimate of drug-likeness (QED) is 0.477. The molecule has 7 nitrogen and oxygen atoms in total. The second-order valence-corrected chi connectivity index (χ2v) is 7.30. The third kappa shape index (κ3) is 3.69. The molecule has 0 radical (unpaired) electrons. The van der Waals surface area contributed by atoms with Crippen LogP contribution < -0.4 is 5.32 Å². The average molecular weight is 384 g/mol. The monoisotopic (exact) mass is 384 g/mol. The number of carbonyl (C=O) groups excluding carboxylic acids is 4. The number of likely N-dealkylation sites (tertiary alicyclic amines) is 1. The number of aryl methyl sites for hydroxylation is 2. The predicted molar refractivity (Wildman–Crippen MR) is 102 cm³/mol. The van der Waals surface area contributed by atoms with E-state index in [9.17, 15) is 19.2 Å². The maximum absolute atomic E-state index is 12.5. The van der Waals surface area contributed by atoms with Crippen LogP contribution in [0.1, 0.15) is 30.9 Å². The number of nitrogens with zero attached hydrogens (tertiary/aromatic N) is 1. The van der Waals surface area contributed by atoms with Gasteiger partial charge in [0.15, 0.2) is 6.61 Å². The highest BCUT2D eigenvalue weighted by atomic mass is 16.5. The lowest BCUT2D eigenvalue weighted by molar-refractivity contribution is -0.159. The number of hydrogen-bond acceptors (Lipinski definition) is 5. The number of fused-ring (bicyclic) bond motifs is 1. The molecule has 28 heavy (non-hydrogen) atoms. The summed E-state index contributed by atoms with van der Waals surface area (Å²) in [6, 6.07) is 4.57. The van der Waals surface area contributed by atoms with Crippen molar-refractivity contribution >= 4 is 29.4 Å². The number of hydrogen-bond donors (Lipinski definition) is 1. The van der Waals surface area contributed by atoms with Crippen molar-refractivity contribution in [3.63, 3.8) is 0 Å². The molecule has 0 saturated carbocycles. The number of carbonyl (C=O) groups is 4. The Morgan fingerprint density at radius 2 is 1.64 bits per heavy atom. The van der Waals surface area contributed by atoms with Crippen molar-refractivity contribution in [1.82, 2.24) is 4.90 Å². The summed E-state index contributed by atoms with van der Waals surface area (Å²) in [5.41, 5.74) is 2.48. The van der Waals surface area contributed by atoms with E-state index < -0.39 is 36.4 Å². The Bertz CT molecular complexity index is 814. The van der Waals surface area contributed by atoms with Gasteiger partial charge in [0.2, 0.25) is 11.8 Å². The minimum atomic E-state index is -1.06. The van der Waals surface area contributed by atoms with Gasteiger partial charge < -0.3 is 10.1 Å². The Kier molecular flexibility index (Phi) is 5.63. The first kappa shape index (κ1) is 19.8. The number of benzene rings is 1. The molecule has 3 amide bonds. The molecule has 1 aliphatic carbocycles. The zero-order valence-corrected chi connectivity index (χ0v) is 16.2. The fourth-order valence-corrected chi connectivity index (χ4v) is 3.76. The van der Waals surface area contributed by atoms with Crippen molar-refractivity contribution in [2.24, 2.45) is 11.8 Å². The third-order valence-corrected chi connectivity index (χ3v) is 5.36. The number of nitrogens with one attached hydrogen (secondary N) is 1. The highest BCUT2D eigenvalue weighted by molar-refractivity contribution is 6.08. The highest BCUT2D eigenvalue weighted by Gasteiger charge is 2.50. The minimum absolute atomic E-state index is 0.344. The summed E-state index contributed by atoms with van der Waals surface area (Å²) < 4.78 is 5.07. The lowest BCUT2D eigenvalue weighted by Gasteiger charge is -2.21. The molecule has 1 N–H and O–H groups in total. The zero-order valence-electron chi connectivity index (χ0n) is 16.2. The van der Waals surface area contributed by atoms with Crippen molar-refractivity contribution in [2.75, 3.05) is 11.9 Å². The molecule has 0 bridgehead atoms. The van der Waals surface area contributed by atoms with E-state index in [4.69, 9.17) is 4.74 Å². The molecule has 1 heterocycles. The summed E-state index contributed by atoms with van der Waals surface area (Å²) in [6.45, 7) is 4.71. The summed E-state index contributed by atoms with van der Waals surface area (Å²) in [4.78, 5) is 50.6. The van der Waals surface area contributed by atoms with Gasteiger partial charge in [-0.05, 0) is 44.7 Å². The maximum atomic E-state index is 12.5. The Hall–Kier alpha value is -2.96. The minimum Gasteiger partial charge on any atom is -0.454 e. The standard InChI is InChI=1S/C21H24N2O5/c1-12-7-6-8-13(2)18(12)22-17(24)11-28-21(27)14(3)23-19(25)15-9-4-5-10-16(15)20(23)26/h4-8,14-16H,9-11H2,1-3H3,(H,22,24)/t14-,15-,16-/m0/s1. The number of rotatable bonds is 5. The van der Waals surface area contributed by atoms with Gasteiger partial charge in [0, 0.05) is 5.69 Å². The van der Waals surface area contributed by atoms with E-state index in [0.29, 0.717) is 18.5 Å². The van der Waals surface area contributed by atoms with Crippen molar-refractivity contribution < 1.29 is 23.9 Å². The maximum Gasteiger partial charge on any atom is 0.329 e. The van der Waals surface area contributed by atoms with Gasteiger partial charge in [-0.1, -0.05) is 30.4 Å². The Morgan fingerprint density at radius 1 is 1.11 bits per heavy atom. The normalized spacial score (nSPS) is 22.0. The summed E-state index contributed by atoms with van der Waals surface area (Å²) >= 11 is 0. The number of anilines is 1. The number of imide groups is 1. The molecule has 0 unspecified atom stereocenters. The second-order valence-electron chi connectivity index (χ2n) is 7.30. The summed E-state index contributed by atoms with van der Waals surface area (Å²) in [7, 11) is 0. The van der Waals surface area contributed by atoms with Gasteiger partial charge in [0.25, 0.3) is 5.91 Å². The van der Waals surface area contributed by atoms with E-state index in [1.165, 1.54) is 6.92 Å². The number of amides is 3. The average Bonchev–Trinajstić information content (AvgIpc) is 2.93. The van der Waals surface area contributed by atoms with Crippen molar-refractivity contribution in [1.29, 1.82) is 0 Å². The molecule has 1 aromatic rings. The molecule has 2 aliphatic rings. The third-order valence-electron chi connectivity index (χ3n) is 5.36. The van der Waals surface area contributed by atoms with Gasteiger partial charge >= 0.3 is 5.97 Å². The van der Waals surface area contributed by atoms with Crippen LogP contribution in [0.15, 0.2) is 30.4 Å². The summed E-state index contributed by atoms with van der Waals surface area (Å²) in [6.07, 6.45) is 4.78. The fraction of sp³-hybridized carbons (Fsp3) is 0.429. The van der Waals surface area contributed by atoms with E-state index in [1.807, 2.05) is 44.2 Å². The van der Waals surface area contributed by atoms with E-state index in [0.717, 1.165) is 16.0 Å². The first-order chi connectivity index (χ1) is 13.3. The largest absolute Gasteiger partial charge is 0.454 e. The van der Waals surface area contributed by atoms with Crippen LogP contribution in [0.25, 0.3) is 0 Å². The highest BCUT2D eigenvalue weighted by Crippen LogP contribution is 2.36. The van der Waals surface area contributed by atoms with Crippen molar-refractivity contribution in [3.05, 3.63) is 41.5 Å². The molecule has 1 aliphatic heterocycles. The summed E-state index contributed by atoms with van der Waals surface area (Å²) in [5, 5.41) is 2.73. The lowest BCUT2D eigenvalue weighted by Crippen LogP contribution is -2.45. The SMILES string of the molecule is Cc1cccc(C)c1NC(=O)COC(=O)[C@H](C)N1C(=O)[C@H]2CC=CC[C@@H]2C1=O. The van der Waals surface area contributed by atoms with Crippen LogP contribution in [-0.2, 0) is 23.9 Å². The molecule has 7 heteroatoms. The van der Waals surface area contributed by atoms with E-state index in [2.05, 4.69) is 5.32 Å². The molecular formula is C21H24N2O5. The molecular weight excluding hydrogens is 360 g/mol. The fourth-order valence-electron chi connectivity index (χ4n) is 3.76. The lowest BCUT2D eigenvalue weighted by atomic mass is 9.85. The van der Waals surface area contributed by atoms with Gasteiger partial charge in [-0.2, -0.15) is 0 Å². The predicted octanol–water partition coefficient (Wildman–Crippen LogP) is 2.12. The molecule has 0 aromatic heterocycles. The van der Waals surface area contributed by atoms with Crippen LogP contribution >= 0.6 is 0 Å². The first-order valence-electron chi connectivity index (χ1n) is 9.36. The first-order valence-corrected chi connectivity index (χ1v) is 9.36. The topological polar surface area (TPSA) is 92.8 Å². The Morgan fingerprint density at radius 3 is 2.18 bits per heavy atom.